The Balaban J connectivity index is 2.74. The van der Waals surface area contributed by atoms with Gasteiger partial charge in [-0.1, -0.05) is 31.5 Å². The van der Waals surface area contributed by atoms with E-state index in [2.05, 4.69) is 38.0 Å². The molecule has 0 aliphatic heterocycles. The summed E-state index contributed by atoms with van der Waals surface area (Å²) in [6.07, 6.45) is 0. The fourth-order valence-corrected chi connectivity index (χ4v) is 2.92. The van der Waals surface area contributed by atoms with Crippen LogP contribution in [0.3, 0.4) is 0 Å². The van der Waals surface area contributed by atoms with Crippen LogP contribution in [0, 0.1) is 27.7 Å². The Kier molecular flexibility index (Phi) is 3.40. The Hall–Kier alpha value is -1.77. The lowest BCUT2D eigenvalue weighted by Gasteiger charge is -2.11. The maximum Gasteiger partial charge on any atom is 0.274 e. The molecule has 2 aromatic rings. The predicted molar refractivity (Wildman–Crippen MR) is 79.4 cm³/mol. The van der Waals surface area contributed by atoms with Crippen molar-refractivity contribution in [3.8, 4) is 5.69 Å². The van der Waals surface area contributed by atoms with E-state index in [1.807, 2.05) is 20.8 Å². The molecule has 0 fully saturated rings. The van der Waals surface area contributed by atoms with E-state index in [0.717, 1.165) is 28.1 Å². The van der Waals surface area contributed by atoms with Crippen LogP contribution in [0.25, 0.3) is 5.69 Å². The van der Waals surface area contributed by atoms with Crippen LogP contribution in [0.15, 0.2) is 16.9 Å². The number of aromatic nitrogens is 2. The lowest BCUT2D eigenvalue weighted by atomic mass is 10.0. The molecule has 0 aliphatic rings. The smallest absolute Gasteiger partial charge is 0.274 e. The quantitative estimate of drug-likeness (QED) is 0.879. The summed E-state index contributed by atoms with van der Waals surface area (Å²) in [6.45, 7) is 12.2. The molecule has 1 heterocycles. The molecular formula is C16H22N2O. The van der Waals surface area contributed by atoms with Crippen molar-refractivity contribution in [2.75, 3.05) is 0 Å². The molecule has 0 amide bonds. The van der Waals surface area contributed by atoms with Gasteiger partial charge in [0.15, 0.2) is 0 Å². The largest absolute Gasteiger partial charge is 0.295 e. The van der Waals surface area contributed by atoms with Crippen LogP contribution < -0.4 is 5.56 Å². The van der Waals surface area contributed by atoms with Crippen LogP contribution in [0.2, 0.25) is 0 Å². The molecule has 0 atom stereocenters. The first-order valence-electron chi connectivity index (χ1n) is 6.72. The monoisotopic (exact) mass is 258 g/mol. The Morgan fingerprint density at radius 2 is 1.58 bits per heavy atom. The van der Waals surface area contributed by atoms with Gasteiger partial charge in [-0.05, 0) is 44.7 Å². The fraction of sp³-hybridized carbons (Fsp3) is 0.438. The van der Waals surface area contributed by atoms with Crippen LogP contribution in [0.5, 0.6) is 0 Å². The van der Waals surface area contributed by atoms with Gasteiger partial charge in [0.05, 0.1) is 5.69 Å². The van der Waals surface area contributed by atoms with Gasteiger partial charge in [-0.2, -0.15) is 0 Å². The van der Waals surface area contributed by atoms with Crippen LogP contribution in [-0.2, 0) is 0 Å². The molecule has 2 rings (SSSR count). The first kappa shape index (κ1) is 13.7. The molecule has 19 heavy (non-hydrogen) atoms. The zero-order valence-electron chi connectivity index (χ0n) is 12.6. The number of hydrogen-bond acceptors (Lipinski definition) is 1. The van der Waals surface area contributed by atoms with E-state index in [4.69, 9.17) is 0 Å². The highest BCUT2D eigenvalue weighted by Gasteiger charge is 2.17. The molecule has 102 valence electrons. The molecule has 0 bridgehead atoms. The number of aromatic amines is 1. The van der Waals surface area contributed by atoms with Crippen LogP contribution in [-0.4, -0.2) is 9.78 Å². The zero-order valence-corrected chi connectivity index (χ0v) is 12.6. The Morgan fingerprint density at radius 1 is 1.05 bits per heavy atom. The number of benzene rings is 1. The fourth-order valence-electron chi connectivity index (χ4n) is 2.92. The molecule has 1 aromatic heterocycles. The third-order valence-electron chi connectivity index (χ3n) is 3.55. The van der Waals surface area contributed by atoms with Crippen molar-refractivity contribution >= 4 is 0 Å². The number of rotatable bonds is 2. The minimum atomic E-state index is 0.0718. The summed E-state index contributed by atoms with van der Waals surface area (Å²) < 4.78 is 1.69. The van der Waals surface area contributed by atoms with E-state index >= 15 is 0 Å². The highest BCUT2D eigenvalue weighted by molar-refractivity contribution is 5.49. The van der Waals surface area contributed by atoms with Gasteiger partial charge in [0.2, 0.25) is 0 Å². The molecule has 0 radical (unpaired) electrons. The minimum absolute atomic E-state index is 0.0718. The molecule has 0 unspecified atom stereocenters. The summed E-state index contributed by atoms with van der Waals surface area (Å²) in [7, 11) is 0. The van der Waals surface area contributed by atoms with E-state index in [1.54, 1.807) is 4.68 Å². The molecule has 3 heteroatoms. The second-order valence-electron chi connectivity index (χ2n) is 5.69. The molecule has 0 saturated heterocycles. The van der Waals surface area contributed by atoms with E-state index in [1.165, 1.54) is 5.56 Å². The first-order valence-corrected chi connectivity index (χ1v) is 6.72. The number of nitrogens with one attached hydrogen (secondary N) is 1. The third kappa shape index (κ3) is 2.25. The standard InChI is InChI=1S/C16H22N2O/c1-9(2)14-13(6)17-18(16(14)19)15-11(4)7-10(3)8-12(15)5/h7-9,17H,1-6H3. The Morgan fingerprint density at radius 3 is 2.00 bits per heavy atom. The lowest BCUT2D eigenvalue weighted by Crippen LogP contribution is -2.20. The molecule has 1 aromatic carbocycles. The van der Waals surface area contributed by atoms with Crippen molar-refractivity contribution in [1.82, 2.24) is 9.78 Å². The summed E-state index contributed by atoms with van der Waals surface area (Å²) in [5.74, 6) is 0.232. The molecule has 3 nitrogen and oxygen atoms in total. The third-order valence-corrected chi connectivity index (χ3v) is 3.55. The van der Waals surface area contributed by atoms with E-state index < -0.39 is 0 Å². The highest BCUT2D eigenvalue weighted by Crippen LogP contribution is 2.21. The van der Waals surface area contributed by atoms with Gasteiger partial charge in [0.1, 0.15) is 0 Å². The van der Waals surface area contributed by atoms with Crippen molar-refractivity contribution in [3.05, 3.63) is 50.4 Å². The van der Waals surface area contributed by atoms with Crippen molar-refractivity contribution in [2.24, 2.45) is 0 Å². The van der Waals surface area contributed by atoms with Crippen LogP contribution >= 0.6 is 0 Å². The summed E-state index contributed by atoms with van der Waals surface area (Å²) in [4.78, 5) is 12.6. The second kappa shape index (κ2) is 4.72. The van der Waals surface area contributed by atoms with E-state index in [9.17, 15) is 4.79 Å². The van der Waals surface area contributed by atoms with Crippen molar-refractivity contribution in [1.29, 1.82) is 0 Å². The van der Waals surface area contributed by atoms with Crippen molar-refractivity contribution < 1.29 is 0 Å². The number of H-pyrrole nitrogens is 1. The number of aryl methyl sites for hydroxylation is 4. The maximum atomic E-state index is 12.6. The van der Waals surface area contributed by atoms with E-state index in [-0.39, 0.29) is 11.5 Å². The zero-order chi connectivity index (χ0) is 14.3. The van der Waals surface area contributed by atoms with Gasteiger partial charge in [-0.25, -0.2) is 4.68 Å². The SMILES string of the molecule is Cc1cc(C)c(-n2[nH]c(C)c(C(C)C)c2=O)c(C)c1. The molecule has 0 aliphatic carbocycles. The summed E-state index contributed by atoms with van der Waals surface area (Å²) in [5, 5.41) is 3.22. The summed E-state index contributed by atoms with van der Waals surface area (Å²) >= 11 is 0. The number of nitrogens with zero attached hydrogens (tertiary/aromatic N) is 1. The maximum absolute atomic E-state index is 12.6. The van der Waals surface area contributed by atoms with Crippen LogP contribution in [0.1, 0.15) is 47.7 Å². The predicted octanol–water partition coefficient (Wildman–Crippen LogP) is 3.52. The number of hydrogen-bond donors (Lipinski definition) is 1. The van der Waals surface area contributed by atoms with Gasteiger partial charge in [0.25, 0.3) is 5.56 Å². The van der Waals surface area contributed by atoms with Crippen LogP contribution in [0.4, 0.5) is 0 Å². The van der Waals surface area contributed by atoms with Gasteiger partial charge in [-0.3, -0.25) is 9.89 Å². The Bertz CT molecular complexity index is 652. The van der Waals surface area contributed by atoms with Gasteiger partial charge in [-0.15, -0.1) is 0 Å². The topological polar surface area (TPSA) is 37.8 Å². The molecule has 0 spiro atoms. The summed E-state index contributed by atoms with van der Waals surface area (Å²) in [5.41, 5.74) is 6.35. The molecular weight excluding hydrogens is 236 g/mol. The van der Waals surface area contributed by atoms with Gasteiger partial charge < -0.3 is 0 Å². The first-order chi connectivity index (χ1) is 8.82. The average Bonchev–Trinajstić information content (AvgIpc) is 2.52. The highest BCUT2D eigenvalue weighted by atomic mass is 16.1. The van der Waals surface area contributed by atoms with Crippen molar-refractivity contribution in [3.63, 3.8) is 0 Å². The molecule has 1 N–H and O–H groups in total. The van der Waals surface area contributed by atoms with Gasteiger partial charge >= 0.3 is 0 Å². The normalized spacial score (nSPS) is 11.3. The van der Waals surface area contributed by atoms with Crippen molar-refractivity contribution in [2.45, 2.75) is 47.5 Å². The van der Waals surface area contributed by atoms with E-state index in [0.29, 0.717) is 0 Å². The second-order valence-corrected chi connectivity index (χ2v) is 5.69. The van der Waals surface area contributed by atoms with Gasteiger partial charge in [0, 0.05) is 11.3 Å². The Labute approximate surface area is 114 Å². The lowest BCUT2D eigenvalue weighted by molar-refractivity contribution is 0.813. The average molecular weight is 258 g/mol. The minimum Gasteiger partial charge on any atom is -0.295 e. The summed E-state index contributed by atoms with van der Waals surface area (Å²) in [6, 6.07) is 4.22. The molecule has 0 saturated carbocycles.